The van der Waals surface area contributed by atoms with Crippen molar-refractivity contribution < 1.29 is 24.2 Å². The number of carbonyl (C=O) groups is 3. The minimum Gasteiger partial charge on any atom is -0.476 e. The zero-order chi connectivity index (χ0) is 29.0. The third kappa shape index (κ3) is 6.59. The summed E-state index contributed by atoms with van der Waals surface area (Å²) in [6, 6.07) is 17.2. The molecule has 0 spiro atoms. The summed E-state index contributed by atoms with van der Waals surface area (Å²) in [7, 11) is 0. The molecule has 2 aliphatic rings. The molecule has 0 saturated heterocycles. The second-order valence-electron chi connectivity index (χ2n) is 11.3. The number of carbonyl (C=O) groups excluding carboxylic acids is 3. The van der Waals surface area contributed by atoms with Gasteiger partial charge >= 0.3 is 0 Å². The topological polar surface area (TPSA) is 112 Å². The van der Waals surface area contributed by atoms with Gasteiger partial charge in [-0.1, -0.05) is 74.5 Å². The second-order valence-corrected chi connectivity index (χ2v) is 11.3. The van der Waals surface area contributed by atoms with E-state index in [4.69, 9.17) is 4.74 Å². The first-order chi connectivity index (χ1) is 19.0. The second kappa shape index (κ2) is 12.0. The van der Waals surface area contributed by atoms with Crippen molar-refractivity contribution in [2.75, 3.05) is 13.2 Å². The molecule has 2 heterocycles. The highest BCUT2D eigenvalue weighted by Crippen LogP contribution is 2.30. The fourth-order valence-electron chi connectivity index (χ4n) is 5.02. The number of nitrogens with one attached hydrogen (secondary N) is 1. The van der Waals surface area contributed by atoms with Crippen LogP contribution in [0.5, 0.6) is 0 Å². The lowest BCUT2D eigenvalue weighted by molar-refractivity contribution is -0.144. The maximum atomic E-state index is 13.8. The molecule has 9 heteroatoms. The van der Waals surface area contributed by atoms with E-state index in [1.165, 1.54) is 16.7 Å². The van der Waals surface area contributed by atoms with E-state index in [9.17, 15) is 19.5 Å². The average Bonchev–Trinajstić information content (AvgIpc) is 3.29. The molecule has 2 unspecified atom stereocenters. The SMILES string of the molecule is CC(=O)N1C=C(c2ccccc2)N(CC(=O)N[C@@H](Cc2ccccc2)C(O)C2=NC(C)(C)CO2)C(=O)C1C(C)C. The lowest BCUT2D eigenvalue weighted by Crippen LogP contribution is -2.57. The van der Waals surface area contributed by atoms with Crippen LogP contribution in [0.25, 0.3) is 5.70 Å². The Hall–Kier alpha value is -3.98. The minimum absolute atomic E-state index is 0.177. The van der Waals surface area contributed by atoms with Gasteiger partial charge in [0.15, 0.2) is 0 Å². The molecule has 9 nitrogen and oxygen atoms in total. The van der Waals surface area contributed by atoms with Gasteiger partial charge in [0.05, 0.1) is 17.3 Å². The summed E-state index contributed by atoms with van der Waals surface area (Å²) in [6.07, 6.45) is 0.804. The Morgan fingerprint density at radius 2 is 1.73 bits per heavy atom. The quantitative estimate of drug-likeness (QED) is 0.502. The normalized spacial score (nSPS) is 20.0. The van der Waals surface area contributed by atoms with Crippen LogP contribution < -0.4 is 5.32 Å². The first-order valence-electron chi connectivity index (χ1n) is 13.6. The van der Waals surface area contributed by atoms with Crippen molar-refractivity contribution in [3.8, 4) is 0 Å². The van der Waals surface area contributed by atoms with Gasteiger partial charge in [0, 0.05) is 13.1 Å². The Labute approximate surface area is 235 Å². The number of nitrogens with zero attached hydrogens (tertiary/aromatic N) is 3. The van der Waals surface area contributed by atoms with Gasteiger partial charge in [-0.15, -0.1) is 0 Å². The van der Waals surface area contributed by atoms with E-state index in [1.807, 2.05) is 88.4 Å². The molecule has 2 aromatic carbocycles. The molecular formula is C31H38N4O5. The Balaban J connectivity index is 1.63. The van der Waals surface area contributed by atoms with E-state index in [-0.39, 0.29) is 30.2 Å². The summed E-state index contributed by atoms with van der Waals surface area (Å²) < 4.78 is 5.68. The number of aliphatic imine (C=N–C) groups is 1. The van der Waals surface area contributed by atoms with Gasteiger partial charge in [-0.05, 0) is 37.3 Å². The zero-order valence-corrected chi connectivity index (χ0v) is 23.7. The number of benzene rings is 2. The molecule has 3 atom stereocenters. The molecule has 4 rings (SSSR count). The van der Waals surface area contributed by atoms with Crippen molar-refractivity contribution in [2.45, 2.75) is 64.8 Å². The Morgan fingerprint density at radius 1 is 1.10 bits per heavy atom. The van der Waals surface area contributed by atoms with Crippen LogP contribution >= 0.6 is 0 Å². The van der Waals surface area contributed by atoms with Crippen LogP contribution in [0, 0.1) is 5.92 Å². The highest BCUT2D eigenvalue weighted by molar-refractivity contribution is 5.99. The number of ether oxygens (including phenoxy) is 1. The lowest BCUT2D eigenvalue weighted by atomic mass is 9.97. The Kier molecular flexibility index (Phi) is 8.73. The van der Waals surface area contributed by atoms with Crippen molar-refractivity contribution in [1.82, 2.24) is 15.1 Å². The number of hydrogen-bond acceptors (Lipinski definition) is 6. The minimum atomic E-state index is -1.18. The van der Waals surface area contributed by atoms with Crippen molar-refractivity contribution in [1.29, 1.82) is 0 Å². The van der Waals surface area contributed by atoms with Crippen LogP contribution in [0.4, 0.5) is 0 Å². The zero-order valence-electron chi connectivity index (χ0n) is 23.7. The Bertz CT molecular complexity index is 1290. The van der Waals surface area contributed by atoms with Crippen LogP contribution in [0.3, 0.4) is 0 Å². The molecule has 0 aliphatic carbocycles. The largest absolute Gasteiger partial charge is 0.476 e. The van der Waals surface area contributed by atoms with Crippen LogP contribution in [0.1, 0.15) is 45.7 Å². The van der Waals surface area contributed by atoms with Gasteiger partial charge in [0.1, 0.15) is 25.3 Å². The summed E-state index contributed by atoms with van der Waals surface area (Å²) in [5.41, 5.74) is 1.61. The molecule has 0 aromatic heterocycles. The first kappa shape index (κ1) is 29.0. The number of aliphatic hydroxyl groups excluding tert-OH is 1. The van der Waals surface area contributed by atoms with Gasteiger partial charge in [0.25, 0.3) is 5.91 Å². The van der Waals surface area contributed by atoms with Gasteiger partial charge in [-0.2, -0.15) is 0 Å². The van der Waals surface area contributed by atoms with Crippen LogP contribution in [-0.2, 0) is 25.5 Å². The van der Waals surface area contributed by atoms with E-state index in [0.29, 0.717) is 24.3 Å². The standard InChI is InChI=1S/C31H38N4O5/c1-20(2)27-30(39)35(25(17-34(27)21(3)36)23-14-10-7-11-15-23)18-26(37)32-24(16-22-12-8-6-9-13-22)28(38)29-33-31(4,5)19-40-29/h6-15,17,20,24,27-28,38H,16,18-19H2,1-5H3,(H,32,37)/t24-,27?,28?/m0/s1. The molecular weight excluding hydrogens is 508 g/mol. The fraction of sp³-hybridized carbons (Fsp3) is 0.419. The molecule has 2 aromatic rings. The van der Waals surface area contributed by atoms with Crippen LogP contribution in [0.15, 0.2) is 71.9 Å². The third-order valence-electron chi connectivity index (χ3n) is 7.00. The van der Waals surface area contributed by atoms with Crippen molar-refractivity contribution in [2.24, 2.45) is 10.9 Å². The molecule has 0 bridgehead atoms. The summed E-state index contributed by atoms with van der Waals surface area (Å²) in [5.74, 6) is -1.04. The molecule has 40 heavy (non-hydrogen) atoms. The number of rotatable bonds is 9. The molecule has 2 aliphatic heterocycles. The Morgan fingerprint density at radius 3 is 2.27 bits per heavy atom. The smallest absolute Gasteiger partial charge is 0.250 e. The lowest BCUT2D eigenvalue weighted by Gasteiger charge is -2.40. The van der Waals surface area contributed by atoms with Crippen molar-refractivity contribution >= 4 is 29.3 Å². The van der Waals surface area contributed by atoms with E-state index < -0.39 is 29.6 Å². The summed E-state index contributed by atoms with van der Waals surface area (Å²) in [5, 5.41) is 14.2. The maximum absolute atomic E-state index is 13.8. The van der Waals surface area contributed by atoms with Crippen molar-refractivity contribution in [3.63, 3.8) is 0 Å². The number of hydrogen-bond donors (Lipinski definition) is 2. The highest BCUT2D eigenvalue weighted by atomic mass is 16.5. The van der Waals surface area contributed by atoms with E-state index in [2.05, 4.69) is 10.3 Å². The molecule has 0 saturated carbocycles. The van der Waals surface area contributed by atoms with Gasteiger partial charge in [-0.3, -0.25) is 19.3 Å². The molecule has 0 fully saturated rings. The van der Waals surface area contributed by atoms with Crippen LogP contribution in [0.2, 0.25) is 0 Å². The summed E-state index contributed by atoms with van der Waals surface area (Å²) in [4.78, 5) is 47.3. The number of amides is 3. The molecule has 0 radical (unpaired) electrons. The highest BCUT2D eigenvalue weighted by Gasteiger charge is 2.41. The predicted molar refractivity (Wildman–Crippen MR) is 153 cm³/mol. The molecule has 212 valence electrons. The van der Waals surface area contributed by atoms with E-state index >= 15 is 0 Å². The monoisotopic (exact) mass is 546 g/mol. The maximum Gasteiger partial charge on any atom is 0.250 e. The average molecular weight is 547 g/mol. The summed E-state index contributed by atoms with van der Waals surface area (Å²) in [6.45, 7) is 9.03. The van der Waals surface area contributed by atoms with Crippen LogP contribution in [-0.4, -0.2) is 75.4 Å². The first-order valence-corrected chi connectivity index (χ1v) is 13.6. The molecule has 3 amide bonds. The fourth-order valence-corrected chi connectivity index (χ4v) is 5.02. The molecule has 2 N–H and O–H groups in total. The third-order valence-corrected chi connectivity index (χ3v) is 7.00. The summed E-state index contributed by atoms with van der Waals surface area (Å²) >= 11 is 0. The number of aliphatic hydroxyl groups is 1. The van der Waals surface area contributed by atoms with E-state index in [0.717, 1.165) is 5.56 Å². The van der Waals surface area contributed by atoms with E-state index in [1.54, 1.807) is 6.20 Å². The van der Waals surface area contributed by atoms with Gasteiger partial charge in [0.2, 0.25) is 17.7 Å². The van der Waals surface area contributed by atoms with Gasteiger partial charge < -0.3 is 20.1 Å². The van der Waals surface area contributed by atoms with Gasteiger partial charge in [-0.25, -0.2) is 4.99 Å². The van der Waals surface area contributed by atoms with Crippen molar-refractivity contribution in [3.05, 3.63) is 78.0 Å². The predicted octanol–water partition coefficient (Wildman–Crippen LogP) is 3.00.